The van der Waals surface area contributed by atoms with E-state index < -0.39 is 23.1 Å². The molecule has 1 heterocycles. The highest BCUT2D eigenvalue weighted by Crippen LogP contribution is 2.32. The number of ketones is 2. The largest absolute Gasteiger partial charge is 0.417 e. The van der Waals surface area contributed by atoms with Gasteiger partial charge in [0.25, 0.3) is 0 Å². The Bertz CT molecular complexity index is 941. The van der Waals surface area contributed by atoms with Gasteiger partial charge in [-0.15, -0.1) is 0 Å². The molecule has 2 aromatic carbocycles. The van der Waals surface area contributed by atoms with Crippen molar-refractivity contribution in [2.75, 3.05) is 0 Å². The lowest BCUT2D eigenvalue weighted by Crippen LogP contribution is -2.14. The van der Waals surface area contributed by atoms with Crippen LogP contribution in [-0.4, -0.2) is 16.6 Å². The third-order valence-electron chi connectivity index (χ3n) is 3.99. The van der Waals surface area contributed by atoms with E-state index in [1.54, 1.807) is 24.4 Å². The molecule has 0 saturated heterocycles. The first kappa shape index (κ1) is 17.0. The van der Waals surface area contributed by atoms with Crippen LogP contribution in [-0.2, 0) is 6.18 Å². The Labute approximate surface area is 141 Å². The van der Waals surface area contributed by atoms with Gasteiger partial charge in [0.05, 0.1) is 5.56 Å². The van der Waals surface area contributed by atoms with Crippen LogP contribution in [0.15, 0.2) is 54.7 Å². The quantitative estimate of drug-likeness (QED) is 0.659. The maximum absolute atomic E-state index is 13.0. The third kappa shape index (κ3) is 3.63. The molecule has 0 aliphatic rings. The van der Waals surface area contributed by atoms with Gasteiger partial charge in [-0.25, -0.2) is 0 Å². The second-order valence-corrected chi connectivity index (χ2v) is 5.67. The van der Waals surface area contributed by atoms with Crippen LogP contribution in [0, 0.1) is 0 Å². The smallest absolute Gasteiger partial charge is 0.361 e. The van der Waals surface area contributed by atoms with E-state index in [2.05, 4.69) is 4.98 Å². The molecule has 0 bridgehead atoms. The van der Waals surface area contributed by atoms with Gasteiger partial charge >= 0.3 is 6.18 Å². The van der Waals surface area contributed by atoms with Gasteiger partial charge in [-0.1, -0.05) is 18.2 Å². The van der Waals surface area contributed by atoms with E-state index in [0.717, 1.165) is 23.0 Å². The molecule has 25 heavy (non-hydrogen) atoms. The molecule has 3 rings (SSSR count). The van der Waals surface area contributed by atoms with Crippen molar-refractivity contribution >= 4 is 22.5 Å². The molecule has 1 aromatic heterocycles. The van der Waals surface area contributed by atoms with Gasteiger partial charge in [-0.05, 0) is 30.3 Å². The van der Waals surface area contributed by atoms with E-state index in [4.69, 9.17) is 0 Å². The normalized spacial score (nSPS) is 11.6. The van der Waals surface area contributed by atoms with Gasteiger partial charge in [0.15, 0.2) is 11.6 Å². The van der Waals surface area contributed by atoms with Gasteiger partial charge in [0.1, 0.15) is 0 Å². The number of carbonyl (C=O) groups excluding carboxylic acids is 2. The molecule has 0 amide bonds. The first-order valence-corrected chi connectivity index (χ1v) is 7.66. The lowest BCUT2D eigenvalue weighted by atomic mass is 9.97. The molecule has 0 aliphatic heterocycles. The van der Waals surface area contributed by atoms with Gasteiger partial charge in [-0.3, -0.25) is 9.59 Å². The zero-order valence-electron chi connectivity index (χ0n) is 13.1. The summed E-state index contributed by atoms with van der Waals surface area (Å²) in [7, 11) is 0. The average molecular weight is 345 g/mol. The lowest BCUT2D eigenvalue weighted by Gasteiger charge is -2.11. The summed E-state index contributed by atoms with van der Waals surface area (Å²) >= 11 is 0. The Morgan fingerprint density at radius 1 is 0.920 bits per heavy atom. The Hall–Kier alpha value is -2.89. The summed E-state index contributed by atoms with van der Waals surface area (Å²) in [6.45, 7) is 0. The molecule has 0 spiro atoms. The van der Waals surface area contributed by atoms with Crippen LogP contribution in [0.4, 0.5) is 13.2 Å². The number of hydrogen-bond acceptors (Lipinski definition) is 2. The number of nitrogens with one attached hydrogen (secondary N) is 1. The molecule has 3 aromatic rings. The number of fused-ring (bicyclic) bond motifs is 1. The number of hydrogen-bond donors (Lipinski definition) is 1. The number of H-pyrrole nitrogens is 1. The predicted molar refractivity (Wildman–Crippen MR) is 87.6 cm³/mol. The molecular formula is C19H14F3NO2. The summed E-state index contributed by atoms with van der Waals surface area (Å²) in [4.78, 5) is 27.4. The minimum atomic E-state index is -4.60. The highest BCUT2D eigenvalue weighted by atomic mass is 19.4. The second-order valence-electron chi connectivity index (χ2n) is 5.67. The summed E-state index contributed by atoms with van der Waals surface area (Å²) in [6.07, 6.45) is -3.26. The van der Waals surface area contributed by atoms with Crippen molar-refractivity contribution in [3.63, 3.8) is 0 Å². The number of aromatic nitrogens is 1. The van der Waals surface area contributed by atoms with E-state index in [9.17, 15) is 22.8 Å². The van der Waals surface area contributed by atoms with Crippen LogP contribution in [0.1, 0.15) is 39.1 Å². The Morgan fingerprint density at radius 3 is 2.40 bits per heavy atom. The topological polar surface area (TPSA) is 49.9 Å². The van der Waals surface area contributed by atoms with E-state index in [0.29, 0.717) is 5.56 Å². The monoisotopic (exact) mass is 345 g/mol. The van der Waals surface area contributed by atoms with Crippen molar-refractivity contribution in [1.29, 1.82) is 0 Å². The van der Waals surface area contributed by atoms with Gasteiger partial charge < -0.3 is 4.98 Å². The summed E-state index contributed by atoms with van der Waals surface area (Å²) in [5.41, 5.74) is -0.0548. The van der Waals surface area contributed by atoms with Gasteiger partial charge in [0.2, 0.25) is 0 Å². The number of halogens is 3. The number of aromatic amines is 1. The minimum absolute atomic E-state index is 0.138. The van der Waals surface area contributed by atoms with E-state index in [1.807, 2.05) is 6.07 Å². The molecule has 128 valence electrons. The van der Waals surface area contributed by atoms with Crippen LogP contribution < -0.4 is 0 Å². The fourth-order valence-corrected chi connectivity index (χ4v) is 2.71. The zero-order valence-corrected chi connectivity index (χ0v) is 13.1. The van der Waals surface area contributed by atoms with Crippen molar-refractivity contribution in [3.05, 3.63) is 71.4 Å². The lowest BCUT2D eigenvalue weighted by molar-refractivity contribution is -0.137. The molecular weight excluding hydrogens is 331 g/mol. The Balaban J connectivity index is 1.73. The Kier molecular flexibility index (Phi) is 4.44. The van der Waals surface area contributed by atoms with Gasteiger partial charge in [0, 0.05) is 41.1 Å². The maximum Gasteiger partial charge on any atom is 0.417 e. The van der Waals surface area contributed by atoms with Crippen molar-refractivity contribution < 1.29 is 22.8 Å². The Morgan fingerprint density at radius 2 is 1.64 bits per heavy atom. The zero-order chi connectivity index (χ0) is 18.0. The third-order valence-corrected chi connectivity index (χ3v) is 3.99. The SMILES string of the molecule is O=C(CCC(=O)c1ccccc1C(F)(F)F)c1ccc2[nH]ccc2c1. The number of benzene rings is 2. The summed E-state index contributed by atoms with van der Waals surface area (Å²) in [5, 5.41) is 0.861. The number of Topliss-reactive ketones (excluding diaryl/α,β-unsaturated/α-hetero) is 2. The van der Waals surface area contributed by atoms with E-state index in [1.165, 1.54) is 12.1 Å². The summed E-state index contributed by atoms with van der Waals surface area (Å²) in [6, 6.07) is 11.5. The molecule has 0 unspecified atom stereocenters. The molecule has 6 heteroatoms. The van der Waals surface area contributed by atoms with Crippen LogP contribution in [0.3, 0.4) is 0 Å². The first-order valence-electron chi connectivity index (χ1n) is 7.66. The van der Waals surface area contributed by atoms with Crippen molar-refractivity contribution in [3.8, 4) is 0 Å². The standard InChI is InChI=1S/C19H14F3NO2/c20-19(21,22)15-4-2-1-3-14(15)18(25)8-7-17(24)13-5-6-16-12(11-13)9-10-23-16/h1-6,9-11,23H,7-8H2. The van der Waals surface area contributed by atoms with E-state index >= 15 is 0 Å². The minimum Gasteiger partial charge on any atom is -0.361 e. The fraction of sp³-hybridized carbons (Fsp3) is 0.158. The number of alkyl halides is 3. The average Bonchev–Trinajstić information content (AvgIpc) is 3.06. The molecule has 3 nitrogen and oxygen atoms in total. The second kappa shape index (κ2) is 6.55. The maximum atomic E-state index is 13.0. The first-order chi connectivity index (χ1) is 11.9. The van der Waals surface area contributed by atoms with Crippen LogP contribution in [0.5, 0.6) is 0 Å². The predicted octanol–water partition coefficient (Wildman–Crippen LogP) is 5.03. The highest BCUT2D eigenvalue weighted by molar-refractivity contribution is 6.04. The molecule has 0 saturated carbocycles. The molecule has 0 radical (unpaired) electrons. The van der Waals surface area contributed by atoms with Crippen LogP contribution in [0.25, 0.3) is 10.9 Å². The van der Waals surface area contributed by atoms with Crippen molar-refractivity contribution in [1.82, 2.24) is 4.98 Å². The van der Waals surface area contributed by atoms with Crippen LogP contribution >= 0.6 is 0 Å². The molecule has 0 fully saturated rings. The van der Waals surface area contributed by atoms with Gasteiger partial charge in [-0.2, -0.15) is 13.2 Å². The fourth-order valence-electron chi connectivity index (χ4n) is 2.71. The van der Waals surface area contributed by atoms with Crippen molar-refractivity contribution in [2.24, 2.45) is 0 Å². The number of carbonyl (C=O) groups is 2. The molecule has 0 atom stereocenters. The summed E-state index contributed by atoms with van der Waals surface area (Å²) in [5.74, 6) is -0.968. The van der Waals surface area contributed by atoms with Crippen molar-refractivity contribution in [2.45, 2.75) is 19.0 Å². The molecule has 0 aliphatic carbocycles. The summed E-state index contributed by atoms with van der Waals surface area (Å²) < 4.78 is 38.9. The van der Waals surface area contributed by atoms with E-state index in [-0.39, 0.29) is 18.6 Å². The van der Waals surface area contributed by atoms with Crippen LogP contribution in [0.2, 0.25) is 0 Å². The number of rotatable bonds is 5. The molecule has 1 N–H and O–H groups in total. The highest BCUT2D eigenvalue weighted by Gasteiger charge is 2.34.